The standard InChI is InChI=1S/C14H18N2O4/c1-11(17)20-10-12-6-8-15(9-7-12)13-2-4-14(5-3-13)16(18)19/h2-5,12H,6-10H2,1H3. The number of piperidine rings is 1. The predicted octanol–water partition coefficient (Wildman–Crippen LogP) is 2.37. The molecule has 0 spiro atoms. The Hall–Kier alpha value is -2.11. The molecule has 1 heterocycles. The Morgan fingerprint density at radius 1 is 1.35 bits per heavy atom. The van der Waals surface area contributed by atoms with Crippen molar-refractivity contribution >= 4 is 17.3 Å². The molecule has 6 heteroatoms. The molecule has 6 nitrogen and oxygen atoms in total. The number of benzene rings is 1. The molecule has 1 aromatic carbocycles. The van der Waals surface area contributed by atoms with Crippen LogP contribution in [-0.2, 0) is 9.53 Å². The highest BCUT2D eigenvalue weighted by atomic mass is 16.6. The number of nitro benzene ring substituents is 1. The van der Waals surface area contributed by atoms with Gasteiger partial charge in [-0.2, -0.15) is 0 Å². The fourth-order valence-corrected chi connectivity index (χ4v) is 2.38. The first kappa shape index (κ1) is 14.3. The maximum absolute atomic E-state index is 10.8. The van der Waals surface area contributed by atoms with Crippen LogP contribution in [-0.4, -0.2) is 30.6 Å². The Balaban J connectivity index is 1.87. The van der Waals surface area contributed by atoms with Crippen LogP contribution in [0.4, 0.5) is 11.4 Å². The fourth-order valence-electron chi connectivity index (χ4n) is 2.38. The van der Waals surface area contributed by atoms with Gasteiger partial charge in [-0.25, -0.2) is 0 Å². The molecule has 20 heavy (non-hydrogen) atoms. The Kier molecular flexibility index (Phi) is 4.55. The van der Waals surface area contributed by atoms with E-state index in [0.717, 1.165) is 31.6 Å². The zero-order valence-corrected chi connectivity index (χ0v) is 11.4. The van der Waals surface area contributed by atoms with Gasteiger partial charge in [0.05, 0.1) is 11.5 Å². The van der Waals surface area contributed by atoms with E-state index in [9.17, 15) is 14.9 Å². The first-order valence-corrected chi connectivity index (χ1v) is 6.69. The summed E-state index contributed by atoms with van der Waals surface area (Å²) < 4.78 is 5.03. The molecule has 108 valence electrons. The molecule has 1 aliphatic heterocycles. The van der Waals surface area contributed by atoms with Crippen molar-refractivity contribution in [3.8, 4) is 0 Å². The number of carbonyl (C=O) groups is 1. The average Bonchev–Trinajstić information content (AvgIpc) is 2.46. The lowest BCUT2D eigenvalue weighted by Crippen LogP contribution is -2.35. The van der Waals surface area contributed by atoms with Crippen LogP contribution in [0.2, 0.25) is 0 Å². The molecule has 0 amide bonds. The summed E-state index contributed by atoms with van der Waals surface area (Å²) in [6.45, 7) is 3.67. The van der Waals surface area contributed by atoms with Crippen molar-refractivity contribution in [1.29, 1.82) is 0 Å². The second kappa shape index (κ2) is 6.36. The van der Waals surface area contributed by atoms with Crippen molar-refractivity contribution in [3.05, 3.63) is 34.4 Å². The highest BCUT2D eigenvalue weighted by molar-refractivity contribution is 5.65. The SMILES string of the molecule is CC(=O)OCC1CCN(c2ccc([N+](=O)[O-])cc2)CC1. The van der Waals surface area contributed by atoms with Gasteiger partial charge in [0.25, 0.3) is 5.69 Å². The second-order valence-electron chi connectivity index (χ2n) is 5.01. The first-order chi connectivity index (χ1) is 9.56. The molecule has 1 fully saturated rings. The molecular formula is C14H18N2O4. The minimum absolute atomic E-state index is 0.110. The van der Waals surface area contributed by atoms with Gasteiger partial charge in [-0.3, -0.25) is 14.9 Å². The van der Waals surface area contributed by atoms with E-state index in [1.807, 2.05) is 0 Å². The van der Waals surface area contributed by atoms with Gasteiger partial charge in [0.1, 0.15) is 0 Å². The summed E-state index contributed by atoms with van der Waals surface area (Å²) in [4.78, 5) is 23.2. The van der Waals surface area contributed by atoms with Crippen molar-refractivity contribution in [2.75, 3.05) is 24.6 Å². The van der Waals surface area contributed by atoms with E-state index >= 15 is 0 Å². The number of hydrogen-bond acceptors (Lipinski definition) is 5. The summed E-state index contributed by atoms with van der Waals surface area (Å²) in [7, 11) is 0. The van der Waals surface area contributed by atoms with Gasteiger partial charge in [0.2, 0.25) is 0 Å². The molecule has 0 radical (unpaired) electrons. The lowest BCUT2D eigenvalue weighted by atomic mass is 9.97. The third kappa shape index (κ3) is 3.69. The number of hydrogen-bond donors (Lipinski definition) is 0. The number of nitrogens with zero attached hydrogens (tertiary/aromatic N) is 2. The van der Waals surface area contributed by atoms with E-state index in [4.69, 9.17) is 4.74 Å². The van der Waals surface area contributed by atoms with E-state index in [2.05, 4.69) is 4.90 Å². The average molecular weight is 278 g/mol. The molecule has 0 unspecified atom stereocenters. The Morgan fingerprint density at radius 3 is 2.45 bits per heavy atom. The van der Waals surface area contributed by atoms with E-state index in [-0.39, 0.29) is 11.7 Å². The molecular weight excluding hydrogens is 260 g/mol. The van der Waals surface area contributed by atoms with Crippen LogP contribution in [0, 0.1) is 16.0 Å². The highest BCUT2D eigenvalue weighted by Crippen LogP contribution is 2.25. The van der Waals surface area contributed by atoms with Crippen LogP contribution < -0.4 is 4.90 Å². The molecule has 0 atom stereocenters. The summed E-state index contributed by atoms with van der Waals surface area (Å²) in [5, 5.41) is 10.6. The van der Waals surface area contributed by atoms with Crippen molar-refractivity contribution in [2.45, 2.75) is 19.8 Å². The van der Waals surface area contributed by atoms with E-state index in [0.29, 0.717) is 12.5 Å². The third-order valence-electron chi connectivity index (χ3n) is 3.56. The van der Waals surface area contributed by atoms with Crippen LogP contribution in [0.1, 0.15) is 19.8 Å². The number of ether oxygens (including phenoxy) is 1. The maximum Gasteiger partial charge on any atom is 0.302 e. The summed E-state index contributed by atoms with van der Waals surface area (Å²) in [5.74, 6) is 0.177. The Labute approximate surface area is 117 Å². The van der Waals surface area contributed by atoms with Crippen molar-refractivity contribution < 1.29 is 14.5 Å². The summed E-state index contributed by atoms with van der Waals surface area (Å²) in [6.07, 6.45) is 1.93. The van der Waals surface area contributed by atoms with Gasteiger partial charge < -0.3 is 9.64 Å². The molecule has 0 aliphatic carbocycles. The number of carbonyl (C=O) groups excluding carboxylic acids is 1. The molecule has 2 rings (SSSR count). The summed E-state index contributed by atoms with van der Waals surface area (Å²) >= 11 is 0. The summed E-state index contributed by atoms with van der Waals surface area (Å²) in [5.41, 5.74) is 1.11. The summed E-state index contributed by atoms with van der Waals surface area (Å²) in [6, 6.07) is 6.62. The van der Waals surface area contributed by atoms with Crippen LogP contribution in [0.5, 0.6) is 0 Å². The van der Waals surface area contributed by atoms with E-state index in [1.165, 1.54) is 19.1 Å². The molecule has 0 bridgehead atoms. The van der Waals surface area contributed by atoms with Crippen LogP contribution in [0.3, 0.4) is 0 Å². The first-order valence-electron chi connectivity index (χ1n) is 6.69. The molecule has 0 N–H and O–H groups in total. The fraction of sp³-hybridized carbons (Fsp3) is 0.500. The predicted molar refractivity (Wildman–Crippen MR) is 74.7 cm³/mol. The lowest BCUT2D eigenvalue weighted by molar-refractivity contribution is -0.384. The van der Waals surface area contributed by atoms with Crippen LogP contribution in [0.25, 0.3) is 0 Å². The van der Waals surface area contributed by atoms with Gasteiger partial charge in [-0.1, -0.05) is 0 Å². The monoisotopic (exact) mass is 278 g/mol. The zero-order chi connectivity index (χ0) is 14.5. The number of anilines is 1. The smallest absolute Gasteiger partial charge is 0.302 e. The molecule has 1 aliphatic rings. The van der Waals surface area contributed by atoms with Gasteiger partial charge in [0, 0.05) is 37.8 Å². The van der Waals surface area contributed by atoms with E-state index < -0.39 is 4.92 Å². The number of nitro groups is 1. The van der Waals surface area contributed by atoms with Gasteiger partial charge >= 0.3 is 5.97 Å². The minimum Gasteiger partial charge on any atom is -0.466 e. The molecule has 1 saturated heterocycles. The molecule has 0 saturated carbocycles. The largest absolute Gasteiger partial charge is 0.466 e. The third-order valence-corrected chi connectivity index (χ3v) is 3.56. The second-order valence-corrected chi connectivity index (χ2v) is 5.01. The number of non-ortho nitro benzene ring substituents is 1. The number of esters is 1. The minimum atomic E-state index is -0.394. The van der Waals surface area contributed by atoms with Gasteiger partial charge in [0.15, 0.2) is 0 Å². The van der Waals surface area contributed by atoms with Gasteiger partial charge in [-0.15, -0.1) is 0 Å². The topological polar surface area (TPSA) is 72.7 Å². The van der Waals surface area contributed by atoms with Crippen LogP contribution in [0.15, 0.2) is 24.3 Å². The molecule has 0 aromatic heterocycles. The van der Waals surface area contributed by atoms with Gasteiger partial charge in [-0.05, 0) is 30.9 Å². The molecule has 1 aromatic rings. The van der Waals surface area contributed by atoms with Crippen molar-refractivity contribution in [3.63, 3.8) is 0 Å². The Morgan fingerprint density at radius 2 is 1.95 bits per heavy atom. The van der Waals surface area contributed by atoms with Crippen molar-refractivity contribution in [2.24, 2.45) is 5.92 Å². The number of rotatable bonds is 4. The normalized spacial score (nSPS) is 15.9. The maximum atomic E-state index is 10.8. The zero-order valence-electron chi connectivity index (χ0n) is 11.4. The highest BCUT2D eigenvalue weighted by Gasteiger charge is 2.20. The van der Waals surface area contributed by atoms with E-state index in [1.54, 1.807) is 12.1 Å². The lowest BCUT2D eigenvalue weighted by Gasteiger charge is -2.33. The van der Waals surface area contributed by atoms with Crippen LogP contribution >= 0.6 is 0 Å². The van der Waals surface area contributed by atoms with Crippen molar-refractivity contribution in [1.82, 2.24) is 0 Å². The quantitative estimate of drug-likeness (QED) is 0.480. The Bertz CT molecular complexity index is 478.